The molecule has 0 bridgehead atoms. The van der Waals surface area contributed by atoms with E-state index in [1.54, 1.807) is 11.9 Å². The minimum atomic E-state index is -0.712. The van der Waals surface area contributed by atoms with Gasteiger partial charge in [0.2, 0.25) is 0 Å². The Kier molecular flexibility index (Phi) is 8.36. The number of hydrogen-bond acceptors (Lipinski definition) is 5. The van der Waals surface area contributed by atoms with Gasteiger partial charge in [-0.1, -0.05) is 12.1 Å². The van der Waals surface area contributed by atoms with Crippen LogP contribution in [0.4, 0.5) is 5.69 Å². The Labute approximate surface area is 186 Å². The first-order chi connectivity index (χ1) is 14.6. The number of anilines is 1. The summed E-state index contributed by atoms with van der Waals surface area (Å²) in [4.78, 5) is 31.5. The second-order valence-corrected chi connectivity index (χ2v) is 8.45. The van der Waals surface area contributed by atoms with E-state index in [9.17, 15) is 9.59 Å². The monoisotopic (exact) mass is 424 g/mol. The van der Waals surface area contributed by atoms with Crippen LogP contribution >= 0.6 is 0 Å². The number of carbonyl (C=O) groups excluding carboxylic acids is 2. The number of benzene rings is 2. The number of Topliss-reactive ketones (excluding diaryl/α,β-unsaturated/α-hetero) is 1. The zero-order valence-corrected chi connectivity index (χ0v) is 19.7. The summed E-state index contributed by atoms with van der Waals surface area (Å²) in [5, 5.41) is 0. The Morgan fingerprint density at radius 2 is 1.45 bits per heavy atom. The summed E-state index contributed by atoms with van der Waals surface area (Å²) in [5.74, 6) is 0.0663. The molecule has 2 N–H and O–H groups in total. The summed E-state index contributed by atoms with van der Waals surface area (Å²) >= 11 is 0. The Morgan fingerprint density at radius 3 is 1.94 bits per heavy atom. The number of nitrogens with zero attached hydrogens (tertiary/aromatic N) is 3. The Balaban J connectivity index is 2.23. The van der Waals surface area contributed by atoms with Crippen molar-refractivity contribution in [1.29, 1.82) is 0 Å². The molecule has 0 aliphatic heterocycles. The summed E-state index contributed by atoms with van der Waals surface area (Å²) in [6.07, 6.45) is 0.547. The van der Waals surface area contributed by atoms with Crippen molar-refractivity contribution >= 4 is 17.4 Å². The molecule has 0 heterocycles. The summed E-state index contributed by atoms with van der Waals surface area (Å²) in [6.45, 7) is 5.91. The van der Waals surface area contributed by atoms with Gasteiger partial charge < -0.3 is 15.5 Å². The van der Waals surface area contributed by atoms with E-state index in [0.29, 0.717) is 30.6 Å². The third-order valence-corrected chi connectivity index (χ3v) is 6.08. The van der Waals surface area contributed by atoms with Gasteiger partial charge in [-0.2, -0.15) is 0 Å². The molecule has 2 aromatic rings. The molecule has 1 unspecified atom stereocenters. The smallest absolute Gasteiger partial charge is 0.253 e. The van der Waals surface area contributed by atoms with E-state index >= 15 is 0 Å². The van der Waals surface area contributed by atoms with Crippen LogP contribution in [0.5, 0.6) is 0 Å². The van der Waals surface area contributed by atoms with Crippen molar-refractivity contribution in [2.24, 2.45) is 5.73 Å². The predicted molar refractivity (Wildman–Crippen MR) is 128 cm³/mol. The van der Waals surface area contributed by atoms with Crippen LogP contribution in [0.2, 0.25) is 0 Å². The second kappa shape index (κ2) is 10.6. The van der Waals surface area contributed by atoms with Gasteiger partial charge in [0.15, 0.2) is 5.78 Å². The highest BCUT2D eigenvalue weighted by atomic mass is 16.2. The van der Waals surface area contributed by atoms with E-state index in [1.165, 1.54) is 0 Å². The van der Waals surface area contributed by atoms with Gasteiger partial charge in [0.25, 0.3) is 5.91 Å². The first kappa shape index (κ1) is 24.6. The molecule has 0 aliphatic carbocycles. The summed E-state index contributed by atoms with van der Waals surface area (Å²) in [6, 6.07) is 15.3. The number of ketones is 1. The molecule has 0 saturated carbocycles. The number of likely N-dealkylation sites (N-methyl/N-ethyl adjacent to an activating group) is 2. The minimum absolute atomic E-state index is 0.000177. The molecule has 0 radical (unpaired) electrons. The van der Waals surface area contributed by atoms with E-state index in [-0.39, 0.29) is 11.7 Å². The van der Waals surface area contributed by atoms with Crippen LogP contribution < -0.4 is 10.6 Å². The Bertz CT molecular complexity index is 877. The molecule has 31 heavy (non-hydrogen) atoms. The van der Waals surface area contributed by atoms with Gasteiger partial charge in [-0.25, -0.2) is 0 Å². The molecule has 0 aromatic heterocycles. The predicted octanol–water partition coefficient (Wildman–Crippen LogP) is 2.92. The van der Waals surface area contributed by atoms with Crippen molar-refractivity contribution in [2.75, 3.05) is 52.7 Å². The average Bonchev–Trinajstić information content (AvgIpc) is 2.78. The molecule has 0 saturated heterocycles. The standard InChI is InChI=1S/C25H36N4O2/c1-7-28(5)24(31)21-10-8-19(9-11-21)18-25(2,27(3)4)23(30)20-12-14-22(15-13-20)29(6)17-16-26/h8-15H,7,16-18,26H2,1-6H3. The maximum absolute atomic E-state index is 13.5. The van der Waals surface area contributed by atoms with Crippen LogP contribution in [0.3, 0.4) is 0 Å². The lowest BCUT2D eigenvalue weighted by atomic mass is 9.84. The Morgan fingerprint density at radius 1 is 0.903 bits per heavy atom. The molecule has 0 spiro atoms. The maximum atomic E-state index is 13.5. The zero-order valence-electron chi connectivity index (χ0n) is 19.7. The van der Waals surface area contributed by atoms with E-state index in [0.717, 1.165) is 17.8 Å². The highest BCUT2D eigenvalue weighted by molar-refractivity contribution is 6.03. The van der Waals surface area contributed by atoms with Gasteiger partial charge in [0.05, 0.1) is 5.54 Å². The second-order valence-electron chi connectivity index (χ2n) is 8.45. The van der Waals surface area contributed by atoms with Gasteiger partial charge in [-0.15, -0.1) is 0 Å². The van der Waals surface area contributed by atoms with Crippen LogP contribution in [0, 0.1) is 0 Å². The van der Waals surface area contributed by atoms with Crippen LogP contribution in [-0.4, -0.2) is 74.9 Å². The topological polar surface area (TPSA) is 69.9 Å². The highest BCUT2D eigenvalue weighted by Gasteiger charge is 2.36. The molecule has 2 aromatic carbocycles. The fraction of sp³-hybridized carbons (Fsp3) is 0.440. The molecule has 0 aliphatic rings. The third-order valence-electron chi connectivity index (χ3n) is 6.08. The molecule has 168 valence electrons. The first-order valence-electron chi connectivity index (χ1n) is 10.7. The van der Waals surface area contributed by atoms with Crippen molar-refractivity contribution in [3.63, 3.8) is 0 Å². The number of carbonyl (C=O) groups is 2. The van der Waals surface area contributed by atoms with E-state index < -0.39 is 5.54 Å². The lowest BCUT2D eigenvalue weighted by molar-refractivity contribution is 0.0718. The fourth-order valence-electron chi connectivity index (χ4n) is 3.47. The molecule has 2 rings (SSSR count). The lowest BCUT2D eigenvalue weighted by Crippen LogP contribution is -2.50. The molecular weight excluding hydrogens is 388 g/mol. The lowest BCUT2D eigenvalue weighted by Gasteiger charge is -2.35. The summed E-state index contributed by atoms with van der Waals surface area (Å²) in [5.41, 5.74) is 8.30. The number of nitrogens with two attached hydrogens (primary N) is 1. The van der Waals surface area contributed by atoms with Crippen LogP contribution in [0.1, 0.15) is 40.1 Å². The fourth-order valence-corrected chi connectivity index (χ4v) is 3.47. The molecule has 6 heteroatoms. The SMILES string of the molecule is CCN(C)C(=O)c1ccc(CC(C)(C(=O)c2ccc(N(C)CCN)cc2)N(C)C)cc1. The van der Waals surface area contributed by atoms with Gasteiger partial charge >= 0.3 is 0 Å². The van der Waals surface area contributed by atoms with Gasteiger partial charge in [0.1, 0.15) is 0 Å². The summed E-state index contributed by atoms with van der Waals surface area (Å²) in [7, 11) is 7.63. The average molecular weight is 425 g/mol. The largest absolute Gasteiger partial charge is 0.373 e. The van der Waals surface area contributed by atoms with Crippen LogP contribution in [0.25, 0.3) is 0 Å². The van der Waals surface area contributed by atoms with E-state index in [4.69, 9.17) is 5.73 Å². The van der Waals surface area contributed by atoms with Crippen molar-refractivity contribution in [2.45, 2.75) is 25.8 Å². The first-order valence-corrected chi connectivity index (χ1v) is 10.7. The van der Waals surface area contributed by atoms with Crippen molar-refractivity contribution < 1.29 is 9.59 Å². The molecule has 1 amide bonds. The van der Waals surface area contributed by atoms with Gasteiger partial charge in [0, 0.05) is 50.5 Å². The van der Waals surface area contributed by atoms with Crippen LogP contribution in [0.15, 0.2) is 48.5 Å². The van der Waals surface area contributed by atoms with E-state index in [1.807, 2.05) is 88.4 Å². The van der Waals surface area contributed by atoms with Crippen LogP contribution in [-0.2, 0) is 6.42 Å². The summed E-state index contributed by atoms with van der Waals surface area (Å²) < 4.78 is 0. The quantitative estimate of drug-likeness (QED) is 0.594. The zero-order chi connectivity index (χ0) is 23.2. The maximum Gasteiger partial charge on any atom is 0.253 e. The number of rotatable bonds is 10. The molecule has 1 atom stereocenters. The third kappa shape index (κ3) is 5.71. The normalized spacial score (nSPS) is 13.0. The highest BCUT2D eigenvalue weighted by Crippen LogP contribution is 2.25. The molecule has 6 nitrogen and oxygen atoms in total. The Hall–Kier alpha value is -2.70. The molecule has 0 fully saturated rings. The number of hydrogen-bond donors (Lipinski definition) is 1. The number of amides is 1. The molecular formula is C25H36N4O2. The van der Waals surface area contributed by atoms with Crippen molar-refractivity contribution in [3.8, 4) is 0 Å². The minimum Gasteiger partial charge on any atom is -0.373 e. The van der Waals surface area contributed by atoms with Gasteiger partial charge in [-0.05, 0) is 76.3 Å². The van der Waals surface area contributed by atoms with Crippen molar-refractivity contribution in [3.05, 3.63) is 65.2 Å². The van der Waals surface area contributed by atoms with E-state index in [2.05, 4.69) is 4.90 Å². The van der Waals surface area contributed by atoms with Gasteiger partial charge in [-0.3, -0.25) is 14.5 Å². The van der Waals surface area contributed by atoms with Crippen molar-refractivity contribution in [1.82, 2.24) is 9.80 Å².